The maximum Gasteiger partial charge on any atom is 0.166 e. The largest absolute Gasteiger partial charge is 0.492 e. The van der Waals surface area contributed by atoms with Crippen LogP contribution in [-0.4, -0.2) is 54.9 Å². The zero-order valence-electron chi connectivity index (χ0n) is 26.1. The smallest absolute Gasteiger partial charge is 0.166 e. The Labute approximate surface area is 238 Å². The average molecular weight is 542 g/mol. The van der Waals surface area contributed by atoms with Crippen molar-refractivity contribution in [2.24, 2.45) is 23.2 Å². The number of allylic oxidation sites excluding steroid dienone is 2. The van der Waals surface area contributed by atoms with Gasteiger partial charge in [0.05, 0.1) is 0 Å². The summed E-state index contributed by atoms with van der Waals surface area (Å²) < 4.78 is 5.87. The first kappa shape index (κ1) is 34.8. The Balaban J connectivity index is 0.000000495. The first-order chi connectivity index (χ1) is 18.4. The number of nitrogens with zero attached hydrogens (tertiary/aromatic N) is 1. The average Bonchev–Trinajstić information content (AvgIpc) is 2.87. The van der Waals surface area contributed by atoms with Crippen molar-refractivity contribution < 1.29 is 19.4 Å². The van der Waals surface area contributed by atoms with Crippen LogP contribution >= 0.6 is 0 Å². The highest BCUT2D eigenvalue weighted by molar-refractivity contribution is 6.08. The van der Waals surface area contributed by atoms with Crippen LogP contribution in [0, 0.1) is 23.2 Å². The number of aliphatic hydroxyl groups excluding tert-OH is 1. The predicted molar refractivity (Wildman–Crippen MR) is 164 cm³/mol. The lowest BCUT2D eigenvalue weighted by Crippen LogP contribution is -2.62. The molecule has 220 valence electrons. The molecule has 1 aromatic rings. The SMILES string of the molecule is C=C(CC)CCC(C)C(=C)C.CCC1CC2(C1)CN(CCOc1ccc(C(C)=O)c(C(=O)C(C)C)c1)C2.CO. The third-order valence-electron chi connectivity index (χ3n) is 8.25. The van der Waals surface area contributed by atoms with E-state index in [1.807, 2.05) is 13.8 Å². The number of Topliss-reactive ketones (excluding diaryl/α,β-unsaturated/α-hetero) is 2. The second-order valence-electron chi connectivity index (χ2n) is 11.9. The van der Waals surface area contributed by atoms with Gasteiger partial charge >= 0.3 is 0 Å². The Morgan fingerprint density at radius 1 is 1.08 bits per heavy atom. The van der Waals surface area contributed by atoms with Crippen LogP contribution in [0.25, 0.3) is 0 Å². The lowest BCUT2D eigenvalue weighted by molar-refractivity contribution is -0.0973. The number of carbonyl (C=O) groups is 2. The monoisotopic (exact) mass is 541 g/mol. The van der Waals surface area contributed by atoms with Crippen molar-refractivity contribution in [3.8, 4) is 5.75 Å². The number of aliphatic hydroxyl groups is 1. The predicted octanol–water partition coefficient (Wildman–Crippen LogP) is 7.78. The van der Waals surface area contributed by atoms with Gasteiger partial charge in [0.15, 0.2) is 11.6 Å². The summed E-state index contributed by atoms with van der Waals surface area (Å²) in [6.07, 6.45) is 7.59. The van der Waals surface area contributed by atoms with Gasteiger partial charge in [0, 0.05) is 43.8 Å². The number of ketones is 2. The normalized spacial score (nSPS) is 16.6. The van der Waals surface area contributed by atoms with E-state index in [4.69, 9.17) is 9.84 Å². The Hall–Kier alpha value is -2.24. The van der Waals surface area contributed by atoms with Crippen molar-refractivity contribution in [3.05, 3.63) is 53.6 Å². The maximum atomic E-state index is 12.4. The standard InChI is InChI=1S/C22H31NO3.C11H20.CH4O/c1-5-17-11-22(12-17)13-23(14-22)8-9-26-18-6-7-19(16(4)24)20(10-18)21(25)15(2)3;1-6-10(4)7-8-11(5)9(2)3;1-2/h6-7,10,15,17H,5,8-9,11-14H2,1-4H3;11H,2,4,6-8H2,1,3,5H3;2H,1H3. The summed E-state index contributed by atoms with van der Waals surface area (Å²) >= 11 is 0. The van der Waals surface area contributed by atoms with Crippen molar-refractivity contribution in [2.45, 2.75) is 87.0 Å². The molecule has 2 fully saturated rings. The molecule has 2 aliphatic rings. The van der Waals surface area contributed by atoms with Gasteiger partial charge in [-0.2, -0.15) is 0 Å². The molecule has 0 bridgehead atoms. The second kappa shape index (κ2) is 16.8. The lowest BCUT2D eigenvalue weighted by atomic mass is 9.57. The molecular formula is C34H55NO4. The summed E-state index contributed by atoms with van der Waals surface area (Å²) in [7, 11) is 1.00. The quantitative estimate of drug-likeness (QED) is 0.204. The summed E-state index contributed by atoms with van der Waals surface area (Å²) in [5.74, 6) is 2.03. The minimum Gasteiger partial charge on any atom is -0.492 e. The van der Waals surface area contributed by atoms with E-state index in [9.17, 15) is 9.59 Å². The first-order valence-corrected chi connectivity index (χ1v) is 14.7. The van der Waals surface area contributed by atoms with Gasteiger partial charge in [0.25, 0.3) is 0 Å². The van der Waals surface area contributed by atoms with Crippen molar-refractivity contribution in [2.75, 3.05) is 33.4 Å². The van der Waals surface area contributed by atoms with E-state index < -0.39 is 0 Å². The summed E-state index contributed by atoms with van der Waals surface area (Å²) in [5, 5.41) is 7.00. The Morgan fingerprint density at radius 2 is 1.69 bits per heavy atom. The molecule has 0 aromatic heterocycles. The fourth-order valence-electron chi connectivity index (χ4n) is 5.34. The number of hydrogen-bond acceptors (Lipinski definition) is 5. The number of ether oxygens (including phenoxy) is 1. The molecule has 3 rings (SSSR count). The topological polar surface area (TPSA) is 66.8 Å². The zero-order valence-corrected chi connectivity index (χ0v) is 26.1. The molecule has 39 heavy (non-hydrogen) atoms. The number of rotatable bonds is 13. The summed E-state index contributed by atoms with van der Waals surface area (Å²) in [6.45, 7) is 25.8. The molecule has 1 spiro atoms. The number of hydrogen-bond donors (Lipinski definition) is 1. The van der Waals surface area contributed by atoms with Gasteiger partial charge in [-0.25, -0.2) is 0 Å². The molecule has 1 saturated heterocycles. The van der Waals surface area contributed by atoms with Gasteiger partial charge in [-0.15, -0.1) is 0 Å². The van der Waals surface area contributed by atoms with Gasteiger partial charge in [-0.3, -0.25) is 14.5 Å². The minimum absolute atomic E-state index is 0.0132. The van der Waals surface area contributed by atoms with Gasteiger partial charge in [0.2, 0.25) is 0 Å². The maximum absolute atomic E-state index is 12.4. The molecule has 1 unspecified atom stereocenters. The van der Waals surface area contributed by atoms with Gasteiger partial charge < -0.3 is 9.84 Å². The molecular weight excluding hydrogens is 486 g/mol. The highest BCUT2D eigenvalue weighted by atomic mass is 16.5. The molecule has 1 N–H and O–H groups in total. The fraction of sp³-hybridized carbons (Fsp3) is 0.647. The second-order valence-corrected chi connectivity index (χ2v) is 11.9. The fourth-order valence-corrected chi connectivity index (χ4v) is 5.34. The van der Waals surface area contributed by atoms with Gasteiger partial charge in [-0.1, -0.05) is 65.3 Å². The summed E-state index contributed by atoms with van der Waals surface area (Å²) in [6, 6.07) is 5.24. The zero-order chi connectivity index (χ0) is 29.8. The molecule has 5 heteroatoms. The summed E-state index contributed by atoms with van der Waals surface area (Å²) in [5.41, 5.74) is 4.22. The van der Waals surface area contributed by atoms with Crippen LogP contribution in [-0.2, 0) is 0 Å². The number of carbonyl (C=O) groups excluding carboxylic acids is 2. The van der Waals surface area contributed by atoms with Crippen LogP contribution in [0.15, 0.2) is 42.5 Å². The highest BCUT2D eigenvalue weighted by Crippen LogP contribution is 2.52. The number of benzene rings is 1. The van der Waals surface area contributed by atoms with Crippen LogP contribution < -0.4 is 4.74 Å². The van der Waals surface area contributed by atoms with Crippen molar-refractivity contribution in [1.82, 2.24) is 4.90 Å². The van der Waals surface area contributed by atoms with Gasteiger partial charge in [-0.05, 0) is 81.4 Å². The van der Waals surface area contributed by atoms with E-state index in [2.05, 4.69) is 45.8 Å². The molecule has 1 atom stereocenters. The molecule has 1 aromatic carbocycles. The van der Waals surface area contributed by atoms with Gasteiger partial charge in [0.1, 0.15) is 12.4 Å². The molecule has 5 nitrogen and oxygen atoms in total. The van der Waals surface area contributed by atoms with Crippen molar-refractivity contribution >= 4 is 11.6 Å². The van der Waals surface area contributed by atoms with Crippen LogP contribution in [0.5, 0.6) is 5.75 Å². The van der Waals surface area contributed by atoms with Crippen molar-refractivity contribution in [1.29, 1.82) is 0 Å². The van der Waals surface area contributed by atoms with E-state index in [0.29, 0.717) is 34.8 Å². The lowest BCUT2D eigenvalue weighted by Gasteiger charge is -2.59. The first-order valence-electron chi connectivity index (χ1n) is 14.7. The third kappa shape index (κ3) is 10.7. The number of likely N-dealkylation sites (tertiary alicyclic amines) is 1. The molecule has 1 aliphatic carbocycles. The Kier molecular flexibility index (Phi) is 15.0. The molecule has 0 amide bonds. The van der Waals surface area contributed by atoms with Crippen LogP contribution in [0.2, 0.25) is 0 Å². The highest BCUT2D eigenvalue weighted by Gasteiger charge is 2.51. The van der Waals surface area contributed by atoms with Crippen molar-refractivity contribution in [3.63, 3.8) is 0 Å². The van der Waals surface area contributed by atoms with E-state index in [0.717, 1.165) is 32.4 Å². The third-order valence-corrected chi connectivity index (χ3v) is 8.25. The van der Waals surface area contributed by atoms with E-state index >= 15 is 0 Å². The Bertz CT molecular complexity index is 950. The summed E-state index contributed by atoms with van der Waals surface area (Å²) in [4.78, 5) is 26.7. The Morgan fingerprint density at radius 3 is 2.18 bits per heavy atom. The van der Waals surface area contributed by atoms with Crippen LogP contribution in [0.1, 0.15) is 108 Å². The molecule has 0 radical (unpaired) electrons. The van der Waals surface area contributed by atoms with Crippen LogP contribution in [0.4, 0.5) is 0 Å². The van der Waals surface area contributed by atoms with Crippen LogP contribution in [0.3, 0.4) is 0 Å². The van der Waals surface area contributed by atoms with E-state index in [-0.39, 0.29) is 17.5 Å². The molecule has 1 saturated carbocycles. The minimum atomic E-state index is -0.143. The van der Waals surface area contributed by atoms with E-state index in [1.165, 1.54) is 56.8 Å². The molecule has 1 heterocycles. The molecule has 1 aliphatic heterocycles. The van der Waals surface area contributed by atoms with E-state index in [1.54, 1.807) is 18.2 Å².